The molecular weight excluding hydrogens is 184 g/mol. The second-order valence-corrected chi connectivity index (χ2v) is 4.70. The van der Waals surface area contributed by atoms with Gasteiger partial charge in [-0.3, -0.25) is 0 Å². The van der Waals surface area contributed by atoms with Gasteiger partial charge < -0.3 is 0 Å². The highest BCUT2D eigenvalue weighted by atomic mass is 32.2. The van der Waals surface area contributed by atoms with Crippen LogP contribution in [0.5, 0.6) is 0 Å². The molecule has 64 valence electrons. The summed E-state index contributed by atoms with van der Waals surface area (Å²) in [5.74, 6) is 0.477. The smallest absolute Gasteiger partial charge is 0.0552 e. The molecule has 0 N–H and O–H groups in total. The highest BCUT2D eigenvalue weighted by Gasteiger charge is 2.03. The van der Waals surface area contributed by atoms with Gasteiger partial charge in [0.15, 0.2) is 0 Å². The van der Waals surface area contributed by atoms with Crippen molar-refractivity contribution in [3.8, 4) is 0 Å². The molecule has 0 atom stereocenters. The van der Waals surface area contributed by atoms with E-state index in [1.807, 2.05) is 18.2 Å². The van der Waals surface area contributed by atoms with E-state index in [4.69, 9.17) is 12.2 Å². The molecule has 0 unspecified atom stereocenters. The number of benzene rings is 1. The summed E-state index contributed by atoms with van der Waals surface area (Å²) < 4.78 is 1.06. The van der Waals surface area contributed by atoms with Crippen LogP contribution in [0.25, 0.3) is 0 Å². The normalized spacial score (nSPS) is 10.2. The highest BCUT2D eigenvalue weighted by molar-refractivity contribution is 8.23. The maximum atomic E-state index is 5.22. The van der Waals surface area contributed by atoms with E-state index in [1.165, 1.54) is 4.90 Å². The van der Waals surface area contributed by atoms with E-state index in [0.29, 0.717) is 5.92 Å². The van der Waals surface area contributed by atoms with Crippen LogP contribution >= 0.6 is 24.0 Å². The number of hydrogen-bond donors (Lipinski definition) is 0. The van der Waals surface area contributed by atoms with Crippen molar-refractivity contribution in [3.63, 3.8) is 0 Å². The van der Waals surface area contributed by atoms with Gasteiger partial charge in [0, 0.05) is 4.90 Å². The average molecular weight is 196 g/mol. The Hall–Kier alpha value is -0.340. The number of thioether (sulfide) groups is 1. The fourth-order valence-electron chi connectivity index (χ4n) is 0.723. The molecule has 2 heteroatoms. The van der Waals surface area contributed by atoms with Gasteiger partial charge in [0.05, 0.1) is 4.20 Å². The molecule has 0 saturated heterocycles. The molecule has 0 aliphatic carbocycles. The monoisotopic (exact) mass is 196 g/mol. The number of rotatable bonds is 2. The Morgan fingerprint density at radius 1 is 1.25 bits per heavy atom. The molecule has 0 fully saturated rings. The van der Waals surface area contributed by atoms with Crippen molar-refractivity contribution in [3.05, 3.63) is 30.3 Å². The van der Waals surface area contributed by atoms with E-state index in [1.54, 1.807) is 11.8 Å². The molecule has 0 saturated carbocycles. The van der Waals surface area contributed by atoms with Crippen molar-refractivity contribution in [1.82, 2.24) is 0 Å². The molecule has 0 aromatic heterocycles. The van der Waals surface area contributed by atoms with Crippen LogP contribution in [0.2, 0.25) is 0 Å². The van der Waals surface area contributed by atoms with Crippen LogP contribution in [0.15, 0.2) is 35.2 Å². The maximum Gasteiger partial charge on any atom is 0.0552 e. The van der Waals surface area contributed by atoms with Crippen molar-refractivity contribution in [1.29, 1.82) is 0 Å². The third-order valence-corrected chi connectivity index (χ3v) is 3.33. The minimum absolute atomic E-state index is 0.477. The van der Waals surface area contributed by atoms with Gasteiger partial charge in [0.25, 0.3) is 0 Å². The van der Waals surface area contributed by atoms with Gasteiger partial charge in [0.2, 0.25) is 0 Å². The van der Waals surface area contributed by atoms with Crippen LogP contribution in [0.1, 0.15) is 13.8 Å². The first-order valence-corrected chi connectivity index (χ1v) is 5.19. The molecule has 0 bridgehead atoms. The van der Waals surface area contributed by atoms with Crippen LogP contribution in [-0.4, -0.2) is 4.20 Å². The van der Waals surface area contributed by atoms with Crippen molar-refractivity contribution >= 4 is 28.2 Å². The SMILES string of the molecule is CC(C)C(=S)Sc1ccccc1. The molecule has 1 rings (SSSR count). The summed E-state index contributed by atoms with van der Waals surface area (Å²) in [6.45, 7) is 4.25. The average Bonchev–Trinajstić information content (AvgIpc) is 2.06. The summed E-state index contributed by atoms with van der Waals surface area (Å²) in [4.78, 5) is 1.23. The van der Waals surface area contributed by atoms with E-state index in [2.05, 4.69) is 26.0 Å². The molecule has 0 spiro atoms. The Morgan fingerprint density at radius 2 is 1.83 bits per heavy atom. The van der Waals surface area contributed by atoms with Gasteiger partial charge in [-0.25, -0.2) is 0 Å². The van der Waals surface area contributed by atoms with Gasteiger partial charge in [0.1, 0.15) is 0 Å². The van der Waals surface area contributed by atoms with Crippen LogP contribution in [0.4, 0.5) is 0 Å². The summed E-state index contributed by atoms with van der Waals surface area (Å²) >= 11 is 6.91. The molecule has 0 radical (unpaired) electrons. The van der Waals surface area contributed by atoms with E-state index in [0.717, 1.165) is 4.20 Å². The van der Waals surface area contributed by atoms with Gasteiger partial charge in [-0.05, 0) is 18.1 Å². The topological polar surface area (TPSA) is 0 Å². The first-order chi connectivity index (χ1) is 5.70. The van der Waals surface area contributed by atoms with Crippen molar-refractivity contribution in [2.24, 2.45) is 5.92 Å². The number of hydrogen-bond acceptors (Lipinski definition) is 2. The molecule has 1 aromatic rings. The van der Waals surface area contributed by atoms with Crippen LogP contribution < -0.4 is 0 Å². The molecule has 1 aromatic carbocycles. The third-order valence-electron chi connectivity index (χ3n) is 1.43. The Morgan fingerprint density at radius 3 is 2.33 bits per heavy atom. The first kappa shape index (κ1) is 9.75. The lowest BCUT2D eigenvalue weighted by Gasteiger charge is -2.05. The summed E-state index contributed by atoms with van der Waals surface area (Å²) in [6, 6.07) is 10.2. The molecule has 0 heterocycles. The lowest BCUT2D eigenvalue weighted by Crippen LogP contribution is -1.97. The minimum Gasteiger partial charge on any atom is -0.0825 e. The fourth-order valence-corrected chi connectivity index (χ4v) is 1.77. The Labute approximate surface area is 83.4 Å². The Bertz CT molecular complexity index is 252. The van der Waals surface area contributed by atoms with Gasteiger partial charge in [-0.15, -0.1) is 0 Å². The highest BCUT2D eigenvalue weighted by Crippen LogP contribution is 2.22. The quantitative estimate of drug-likeness (QED) is 0.522. The zero-order chi connectivity index (χ0) is 8.97. The molecule has 0 aliphatic rings. The zero-order valence-corrected chi connectivity index (χ0v) is 8.91. The first-order valence-electron chi connectivity index (χ1n) is 3.97. The standard InChI is InChI=1S/C10H12S2/c1-8(2)10(11)12-9-6-4-3-5-7-9/h3-8H,1-2H3. The lowest BCUT2D eigenvalue weighted by molar-refractivity contribution is 0.915. The maximum absolute atomic E-state index is 5.22. The minimum atomic E-state index is 0.477. The predicted octanol–water partition coefficient (Wildman–Crippen LogP) is 3.76. The van der Waals surface area contributed by atoms with Gasteiger partial charge in [-0.2, -0.15) is 0 Å². The number of thiocarbonyl (C=S) groups is 1. The largest absolute Gasteiger partial charge is 0.0825 e. The van der Waals surface area contributed by atoms with Gasteiger partial charge in [-0.1, -0.05) is 56.0 Å². The van der Waals surface area contributed by atoms with Crippen molar-refractivity contribution in [2.45, 2.75) is 18.7 Å². The van der Waals surface area contributed by atoms with Crippen LogP contribution in [0, 0.1) is 5.92 Å². The summed E-state index contributed by atoms with van der Waals surface area (Å²) in [5.41, 5.74) is 0. The molecule has 12 heavy (non-hydrogen) atoms. The van der Waals surface area contributed by atoms with E-state index < -0.39 is 0 Å². The summed E-state index contributed by atoms with van der Waals surface area (Å²) in [6.07, 6.45) is 0. The molecule has 0 amide bonds. The van der Waals surface area contributed by atoms with E-state index in [-0.39, 0.29) is 0 Å². The van der Waals surface area contributed by atoms with E-state index in [9.17, 15) is 0 Å². The van der Waals surface area contributed by atoms with Crippen LogP contribution in [0.3, 0.4) is 0 Å². The second-order valence-electron chi connectivity index (χ2n) is 2.89. The molecular formula is C10H12S2. The fraction of sp³-hybridized carbons (Fsp3) is 0.300. The van der Waals surface area contributed by atoms with E-state index >= 15 is 0 Å². The van der Waals surface area contributed by atoms with Gasteiger partial charge >= 0.3 is 0 Å². The molecule has 0 aliphatic heterocycles. The zero-order valence-electron chi connectivity index (χ0n) is 7.28. The lowest BCUT2D eigenvalue weighted by atomic mass is 10.3. The third kappa shape index (κ3) is 2.95. The van der Waals surface area contributed by atoms with Crippen molar-refractivity contribution < 1.29 is 0 Å². The Kier molecular flexibility index (Phi) is 3.76. The van der Waals surface area contributed by atoms with Crippen LogP contribution in [-0.2, 0) is 0 Å². The second kappa shape index (κ2) is 4.63. The molecule has 0 nitrogen and oxygen atoms in total. The van der Waals surface area contributed by atoms with Crippen molar-refractivity contribution in [2.75, 3.05) is 0 Å². The summed E-state index contributed by atoms with van der Waals surface area (Å²) in [5, 5.41) is 0. The summed E-state index contributed by atoms with van der Waals surface area (Å²) in [7, 11) is 0. The Balaban J connectivity index is 2.59. The predicted molar refractivity (Wildman–Crippen MR) is 59.7 cm³/mol.